The van der Waals surface area contributed by atoms with E-state index in [1.807, 2.05) is 0 Å². The van der Waals surface area contributed by atoms with Crippen molar-refractivity contribution in [1.29, 1.82) is 0 Å². The third-order valence-electron chi connectivity index (χ3n) is 7.16. The van der Waals surface area contributed by atoms with Crippen molar-refractivity contribution in [2.24, 2.45) is 33.7 Å². The molecular weight excluding hydrogens is 645 g/mol. The molecule has 0 unspecified atom stereocenters. The molecule has 2 rings (SSSR count). The summed E-state index contributed by atoms with van der Waals surface area (Å²) in [5, 5.41) is 6.89. The molecule has 13 N–H and O–H groups in total. The molecule has 13 nitrogen and oxygen atoms in total. The lowest BCUT2D eigenvalue weighted by atomic mass is 10.0. The smallest absolute Gasteiger partial charge is 0.243 e. The van der Waals surface area contributed by atoms with Crippen molar-refractivity contribution in [3.63, 3.8) is 0 Å². The minimum atomic E-state index is -2.43. The van der Waals surface area contributed by atoms with Crippen LogP contribution in [0.4, 0.5) is 22.0 Å². The monoisotopic (exact) mass is 685 g/mol. The number of nitrogens with zero attached hydrogens (tertiary/aromatic N) is 1. The number of amides is 4. The molecule has 2 aromatic carbocycles. The molecule has 4 atom stereocenters. The summed E-state index contributed by atoms with van der Waals surface area (Å²) in [4.78, 5) is 55.7. The standard InChI is InChI=1S/C30H40F5N9O4/c31-21-16(22(32)24(34)25(35)23(21)33)14-20(29(48)42-18(26(38)45)9-4-5-11-36)44-28(47)19(10-6-12-41-30(39)40)43-27(46)17(37)13-15-7-2-1-3-8-15/h1-3,7-8,17-20H,4-6,9-14,36-37H2,(H2,38,45)(H,42,48)(H,43,46)(H,44,47)(H4,39,40,41)/t17-,18-,19+,20-/m0/s1. The Labute approximate surface area is 273 Å². The van der Waals surface area contributed by atoms with Crippen molar-refractivity contribution in [2.75, 3.05) is 13.1 Å². The maximum absolute atomic E-state index is 14.7. The van der Waals surface area contributed by atoms with E-state index in [1.54, 1.807) is 30.3 Å². The van der Waals surface area contributed by atoms with Crippen LogP contribution in [-0.4, -0.2) is 66.8 Å². The van der Waals surface area contributed by atoms with E-state index in [0.29, 0.717) is 18.4 Å². The Morgan fingerprint density at radius 1 is 0.667 bits per heavy atom. The molecular formula is C30H40F5N9O4. The van der Waals surface area contributed by atoms with Gasteiger partial charge in [-0.2, -0.15) is 0 Å². The van der Waals surface area contributed by atoms with Crippen molar-refractivity contribution < 1.29 is 41.1 Å². The molecule has 0 radical (unpaired) electrons. The zero-order chi connectivity index (χ0) is 36.0. The van der Waals surface area contributed by atoms with E-state index in [0.717, 1.165) is 0 Å². The molecule has 18 heteroatoms. The molecule has 0 saturated heterocycles. The number of hydrogen-bond acceptors (Lipinski definition) is 7. The number of guanidine groups is 1. The SMILES string of the molecule is NCCCC[C@H](NC(=O)[C@H](Cc1c(F)c(F)c(F)c(F)c1F)NC(=O)[C@@H](CCCN=C(N)N)NC(=O)[C@@H](N)Cc1ccccc1)C(N)=O. The van der Waals surface area contributed by atoms with Crippen LogP contribution in [0.25, 0.3) is 0 Å². The van der Waals surface area contributed by atoms with Gasteiger partial charge in [0.15, 0.2) is 29.2 Å². The summed E-state index contributed by atoms with van der Waals surface area (Å²) < 4.78 is 71.1. The molecule has 48 heavy (non-hydrogen) atoms. The molecule has 0 spiro atoms. The number of primary amides is 1. The third-order valence-corrected chi connectivity index (χ3v) is 7.16. The maximum Gasteiger partial charge on any atom is 0.243 e. The lowest BCUT2D eigenvalue weighted by molar-refractivity contribution is -0.133. The van der Waals surface area contributed by atoms with Crippen LogP contribution in [0, 0.1) is 29.1 Å². The van der Waals surface area contributed by atoms with Gasteiger partial charge in [-0.25, -0.2) is 22.0 Å². The first-order chi connectivity index (χ1) is 22.7. The number of carbonyl (C=O) groups is 4. The molecule has 264 valence electrons. The molecule has 0 fully saturated rings. The van der Waals surface area contributed by atoms with Gasteiger partial charge in [0.25, 0.3) is 0 Å². The van der Waals surface area contributed by atoms with Gasteiger partial charge in [0, 0.05) is 18.5 Å². The molecule has 4 amide bonds. The van der Waals surface area contributed by atoms with Crippen molar-refractivity contribution in [3.8, 4) is 0 Å². The molecule has 0 bridgehead atoms. The molecule has 0 aliphatic carbocycles. The lowest BCUT2D eigenvalue weighted by Crippen LogP contribution is -2.58. The Morgan fingerprint density at radius 3 is 1.75 bits per heavy atom. The molecule has 0 heterocycles. The van der Waals surface area contributed by atoms with Crippen molar-refractivity contribution in [2.45, 2.75) is 69.1 Å². The zero-order valence-electron chi connectivity index (χ0n) is 25.9. The van der Waals surface area contributed by atoms with E-state index >= 15 is 0 Å². The molecule has 0 aliphatic rings. The number of aliphatic imine (C=N–C) groups is 1. The largest absolute Gasteiger partial charge is 0.370 e. The van der Waals surface area contributed by atoms with Crippen LogP contribution in [0.5, 0.6) is 0 Å². The summed E-state index contributed by atoms with van der Waals surface area (Å²) in [6.07, 6.45) is -0.455. The molecule has 0 aromatic heterocycles. The van der Waals surface area contributed by atoms with Gasteiger partial charge in [-0.1, -0.05) is 30.3 Å². The highest BCUT2D eigenvalue weighted by Crippen LogP contribution is 2.24. The van der Waals surface area contributed by atoms with Gasteiger partial charge in [0.1, 0.15) is 18.1 Å². The second-order valence-electron chi connectivity index (χ2n) is 10.9. The van der Waals surface area contributed by atoms with E-state index in [2.05, 4.69) is 20.9 Å². The van der Waals surface area contributed by atoms with Crippen LogP contribution in [0.15, 0.2) is 35.3 Å². The number of unbranched alkanes of at least 4 members (excludes halogenated alkanes) is 1. The van der Waals surface area contributed by atoms with E-state index in [-0.39, 0.29) is 44.7 Å². The first-order valence-corrected chi connectivity index (χ1v) is 14.9. The average molecular weight is 686 g/mol. The summed E-state index contributed by atoms with van der Waals surface area (Å²) in [7, 11) is 0. The number of nitrogens with two attached hydrogens (primary N) is 5. The Hall–Kier alpha value is -4.84. The van der Waals surface area contributed by atoms with Crippen LogP contribution in [0.3, 0.4) is 0 Å². The van der Waals surface area contributed by atoms with Gasteiger partial charge in [0.05, 0.1) is 6.04 Å². The van der Waals surface area contributed by atoms with Crippen LogP contribution in [-0.2, 0) is 32.0 Å². The average Bonchev–Trinajstić information content (AvgIpc) is 3.05. The van der Waals surface area contributed by atoms with Crippen molar-refractivity contribution >= 4 is 29.6 Å². The minimum absolute atomic E-state index is 0.00954. The fraction of sp³-hybridized carbons (Fsp3) is 0.433. The summed E-state index contributed by atoms with van der Waals surface area (Å²) in [6.45, 7) is 0.263. The van der Waals surface area contributed by atoms with E-state index in [4.69, 9.17) is 28.7 Å². The first kappa shape index (κ1) is 39.3. The quantitative estimate of drug-likeness (QED) is 0.0241. The topological polar surface area (TPSA) is 247 Å². The first-order valence-electron chi connectivity index (χ1n) is 14.9. The third kappa shape index (κ3) is 11.8. The van der Waals surface area contributed by atoms with Crippen molar-refractivity contribution in [1.82, 2.24) is 16.0 Å². The zero-order valence-corrected chi connectivity index (χ0v) is 25.9. The highest BCUT2D eigenvalue weighted by Gasteiger charge is 2.34. The second-order valence-corrected chi connectivity index (χ2v) is 10.9. The number of rotatable bonds is 19. The van der Waals surface area contributed by atoms with E-state index in [9.17, 15) is 41.1 Å². The predicted molar refractivity (Wildman–Crippen MR) is 166 cm³/mol. The van der Waals surface area contributed by atoms with Crippen LogP contribution < -0.4 is 44.6 Å². The maximum atomic E-state index is 14.7. The number of carbonyl (C=O) groups excluding carboxylic acids is 4. The fourth-order valence-electron chi connectivity index (χ4n) is 4.58. The Morgan fingerprint density at radius 2 is 1.19 bits per heavy atom. The molecule has 2 aromatic rings. The number of hydrogen-bond donors (Lipinski definition) is 8. The molecule has 0 aliphatic heterocycles. The lowest BCUT2D eigenvalue weighted by Gasteiger charge is -2.26. The Bertz CT molecular complexity index is 1430. The van der Waals surface area contributed by atoms with Gasteiger partial charge >= 0.3 is 0 Å². The van der Waals surface area contributed by atoms with Crippen LogP contribution >= 0.6 is 0 Å². The highest BCUT2D eigenvalue weighted by atomic mass is 19.2. The van der Waals surface area contributed by atoms with E-state index in [1.165, 1.54) is 0 Å². The van der Waals surface area contributed by atoms with Crippen molar-refractivity contribution in [3.05, 3.63) is 70.5 Å². The van der Waals surface area contributed by atoms with Crippen LogP contribution in [0.1, 0.15) is 43.2 Å². The fourth-order valence-corrected chi connectivity index (χ4v) is 4.58. The van der Waals surface area contributed by atoms with Crippen LogP contribution in [0.2, 0.25) is 0 Å². The summed E-state index contributed by atoms with van der Waals surface area (Å²) >= 11 is 0. The van der Waals surface area contributed by atoms with Gasteiger partial charge in [-0.05, 0) is 50.6 Å². The van der Waals surface area contributed by atoms with Gasteiger partial charge in [-0.15, -0.1) is 0 Å². The number of nitrogens with one attached hydrogen (secondary N) is 3. The normalized spacial score (nSPS) is 13.5. The second kappa shape index (κ2) is 19.1. The number of benzene rings is 2. The molecule has 0 saturated carbocycles. The highest BCUT2D eigenvalue weighted by molar-refractivity contribution is 5.94. The Kier molecular flexibility index (Phi) is 15.6. The summed E-state index contributed by atoms with van der Waals surface area (Å²) in [6, 6.07) is 2.72. The number of halogens is 5. The van der Waals surface area contributed by atoms with Gasteiger partial charge < -0.3 is 44.6 Å². The predicted octanol–water partition coefficient (Wildman–Crippen LogP) is -0.383. The van der Waals surface area contributed by atoms with Gasteiger partial charge in [0.2, 0.25) is 29.4 Å². The Balaban J connectivity index is 2.42. The minimum Gasteiger partial charge on any atom is -0.370 e. The van der Waals surface area contributed by atoms with Gasteiger partial charge in [-0.3, -0.25) is 24.2 Å². The van der Waals surface area contributed by atoms with E-state index < -0.39 is 88.9 Å². The summed E-state index contributed by atoms with van der Waals surface area (Å²) in [5.41, 5.74) is 26.8. The summed E-state index contributed by atoms with van der Waals surface area (Å²) in [5.74, 6) is -15.8.